The number of carbonyl (C=O) groups is 2. The number of carbonyl (C=O) groups excluding carboxylic acids is 2. The van der Waals surface area contributed by atoms with Gasteiger partial charge in [-0.3, -0.25) is 9.59 Å². The molecule has 2 aromatic carbocycles. The molecule has 3 rings (SSSR count). The van der Waals surface area contributed by atoms with E-state index in [4.69, 9.17) is 0 Å². The standard InChI is InChI=1S/C23H21N3O2/c1-4-17-11-8-12-18(15-24)19(17)14-21-23(28)25(2)20(22(27)26(21)3)13-16-9-6-5-7-10-16/h4-12,14,20H,1,13H2,2-3H3/b21-14-. The van der Waals surface area contributed by atoms with Gasteiger partial charge in [0.2, 0.25) is 5.91 Å². The molecule has 1 heterocycles. The van der Waals surface area contributed by atoms with E-state index in [0.717, 1.165) is 11.1 Å². The first-order valence-corrected chi connectivity index (χ1v) is 8.93. The second-order valence-electron chi connectivity index (χ2n) is 6.67. The van der Waals surface area contributed by atoms with Crippen molar-refractivity contribution in [2.75, 3.05) is 14.1 Å². The zero-order valence-electron chi connectivity index (χ0n) is 15.9. The highest BCUT2D eigenvalue weighted by Crippen LogP contribution is 2.26. The molecule has 0 bridgehead atoms. The maximum atomic E-state index is 13.0. The molecule has 1 saturated heterocycles. The summed E-state index contributed by atoms with van der Waals surface area (Å²) in [4.78, 5) is 28.9. The van der Waals surface area contributed by atoms with Crippen LogP contribution < -0.4 is 0 Å². The third-order valence-electron chi connectivity index (χ3n) is 5.02. The molecule has 5 nitrogen and oxygen atoms in total. The van der Waals surface area contributed by atoms with Crippen LogP contribution in [0.2, 0.25) is 0 Å². The predicted octanol–water partition coefficient (Wildman–Crippen LogP) is 3.08. The van der Waals surface area contributed by atoms with Gasteiger partial charge in [-0.25, -0.2) is 0 Å². The fourth-order valence-corrected chi connectivity index (χ4v) is 3.35. The van der Waals surface area contributed by atoms with Crippen molar-refractivity contribution in [3.05, 3.63) is 83.1 Å². The number of nitrogens with zero attached hydrogens (tertiary/aromatic N) is 3. The highest BCUT2D eigenvalue weighted by atomic mass is 16.2. The van der Waals surface area contributed by atoms with E-state index >= 15 is 0 Å². The zero-order valence-corrected chi connectivity index (χ0v) is 15.9. The van der Waals surface area contributed by atoms with Gasteiger partial charge in [0.25, 0.3) is 5.91 Å². The Morgan fingerprint density at radius 3 is 2.46 bits per heavy atom. The summed E-state index contributed by atoms with van der Waals surface area (Å²) in [5.41, 5.74) is 2.97. The lowest BCUT2D eigenvalue weighted by Gasteiger charge is -2.38. The van der Waals surface area contributed by atoms with Gasteiger partial charge in [0, 0.05) is 26.1 Å². The van der Waals surface area contributed by atoms with Crippen molar-refractivity contribution in [3.8, 4) is 6.07 Å². The molecule has 1 aliphatic heterocycles. The van der Waals surface area contributed by atoms with Crippen LogP contribution in [0, 0.1) is 11.3 Å². The highest BCUT2D eigenvalue weighted by Gasteiger charge is 2.39. The van der Waals surface area contributed by atoms with Crippen LogP contribution in [0.25, 0.3) is 12.2 Å². The van der Waals surface area contributed by atoms with Crippen molar-refractivity contribution < 1.29 is 9.59 Å². The van der Waals surface area contributed by atoms with E-state index in [-0.39, 0.29) is 17.5 Å². The molecule has 140 valence electrons. The van der Waals surface area contributed by atoms with E-state index < -0.39 is 6.04 Å². The van der Waals surface area contributed by atoms with Gasteiger partial charge in [0.1, 0.15) is 11.7 Å². The Morgan fingerprint density at radius 2 is 1.82 bits per heavy atom. The molecular formula is C23H21N3O2. The SMILES string of the molecule is C=Cc1cccc(C#N)c1/C=C1/C(=O)N(C)C(Cc2ccccc2)C(=O)N1C. The van der Waals surface area contributed by atoms with E-state index in [1.165, 1.54) is 9.80 Å². The Bertz CT molecular complexity index is 1000. The summed E-state index contributed by atoms with van der Waals surface area (Å²) in [7, 11) is 3.24. The summed E-state index contributed by atoms with van der Waals surface area (Å²) in [5, 5.41) is 9.42. The molecule has 2 aromatic rings. The topological polar surface area (TPSA) is 64.4 Å². The molecule has 0 N–H and O–H groups in total. The smallest absolute Gasteiger partial charge is 0.271 e. The second-order valence-corrected chi connectivity index (χ2v) is 6.67. The number of amides is 2. The van der Waals surface area contributed by atoms with Crippen LogP contribution in [0.4, 0.5) is 0 Å². The summed E-state index contributed by atoms with van der Waals surface area (Å²) in [6, 6.07) is 16.4. The Morgan fingerprint density at radius 1 is 1.11 bits per heavy atom. The van der Waals surface area contributed by atoms with Gasteiger partial charge in [-0.1, -0.05) is 55.1 Å². The van der Waals surface area contributed by atoms with Gasteiger partial charge < -0.3 is 9.80 Å². The fraction of sp³-hybridized carbons (Fsp3) is 0.174. The van der Waals surface area contributed by atoms with Crippen molar-refractivity contribution in [3.63, 3.8) is 0 Å². The van der Waals surface area contributed by atoms with Crippen molar-refractivity contribution in [2.24, 2.45) is 0 Å². The van der Waals surface area contributed by atoms with Crippen LogP contribution >= 0.6 is 0 Å². The molecule has 0 spiro atoms. The number of nitriles is 1. The molecule has 5 heteroatoms. The van der Waals surface area contributed by atoms with E-state index in [1.54, 1.807) is 38.4 Å². The average molecular weight is 371 g/mol. The highest BCUT2D eigenvalue weighted by molar-refractivity contribution is 6.07. The maximum absolute atomic E-state index is 13.0. The van der Waals surface area contributed by atoms with Crippen LogP contribution in [0.3, 0.4) is 0 Å². The first kappa shape index (κ1) is 19.1. The van der Waals surface area contributed by atoms with Gasteiger partial charge in [-0.05, 0) is 23.3 Å². The number of likely N-dealkylation sites (N-methyl/N-ethyl adjacent to an activating group) is 2. The molecule has 0 aromatic heterocycles. The van der Waals surface area contributed by atoms with E-state index in [2.05, 4.69) is 12.6 Å². The quantitative estimate of drug-likeness (QED) is 0.776. The largest absolute Gasteiger partial charge is 0.328 e. The van der Waals surface area contributed by atoms with Gasteiger partial charge in [-0.2, -0.15) is 5.26 Å². The maximum Gasteiger partial charge on any atom is 0.271 e. The first-order valence-electron chi connectivity index (χ1n) is 8.93. The lowest BCUT2D eigenvalue weighted by atomic mass is 9.97. The van der Waals surface area contributed by atoms with E-state index in [9.17, 15) is 14.9 Å². The number of hydrogen-bond acceptors (Lipinski definition) is 3. The van der Waals surface area contributed by atoms with Crippen LogP contribution in [0.1, 0.15) is 22.3 Å². The minimum atomic E-state index is -0.567. The molecule has 0 aliphatic carbocycles. The Hall–Kier alpha value is -3.65. The number of benzene rings is 2. The summed E-state index contributed by atoms with van der Waals surface area (Å²) in [6.45, 7) is 3.77. The van der Waals surface area contributed by atoms with Crippen molar-refractivity contribution in [2.45, 2.75) is 12.5 Å². The molecule has 28 heavy (non-hydrogen) atoms. The molecular weight excluding hydrogens is 350 g/mol. The molecule has 1 atom stereocenters. The minimum Gasteiger partial charge on any atom is -0.328 e. The third kappa shape index (κ3) is 3.45. The lowest BCUT2D eigenvalue weighted by molar-refractivity contribution is -0.148. The van der Waals surface area contributed by atoms with Gasteiger partial charge in [-0.15, -0.1) is 0 Å². The van der Waals surface area contributed by atoms with E-state index in [0.29, 0.717) is 17.5 Å². The predicted molar refractivity (Wildman–Crippen MR) is 109 cm³/mol. The molecule has 1 aliphatic rings. The first-order chi connectivity index (χ1) is 13.5. The van der Waals surface area contributed by atoms with Crippen molar-refractivity contribution >= 4 is 24.0 Å². The Labute approximate surface area is 164 Å². The van der Waals surface area contributed by atoms with E-state index in [1.807, 2.05) is 36.4 Å². The molecule has 1 unspecified atom stereocenters. The zero-order chi connectivity index (χ0) is 20.3. The number of rotatable bonds is 4. The Kier molecular flexibility index (Phi) is 5.42. The summed E-state index contributed by atoms with van der Waals surface area (Å²) < 4.78 is 0. The second kappa shape index (κ2) is 7.93. The molecule has 0 radical (unpaired) electrons. The minimum absolute atomic E-state index is 0.160. The molecule has 1 fully saturated rings. The third-order valence-corrected chi connectivity index (χ3v) is 5.02. The average Bonchev–Trinajstić information content (AvgIpc) is 2.73. The van der Waals surface area contributed by atoms with Crippen LogP contribution in [-0.2, 0) is 16.0 Å². The van der Waals surface area contributed by atoms with Gasteiger partial charge in [0.05, 0.1) is 11.6 Å². The summed E-state index contributed by atoms with van der Waals surface area (Å²) in [6.07, 6.45) is 3.68. The molecule has 2 amide bonds. The summed E-state index contributed by atoms with van der Waals surface area (Å²) in [5.74, 6) is -0.419. The van der Waals surface area contributed by atoms with Crippen LogP contribution in [0.15, 0.2) is 60.8 Å². The van der Waals surface area contributed by atoms with Crippen LogP contribution in [-0.4, -0.2) is 41.8 Å². The molecule has 0 saturated carbocycles. The van der Waals surface area contributed by atoms with Gasteiger partial charge >= 0.3 is 0 Å². The number of piperazine rings is 1. The summed E-state index contributed by atoms with van der Waals surface area (Å²) >= 11 is 0. The normalized spacial score (nSPS) is 18.3. The number of hydrogen-bond donors (Lipinski definition) is 0. The van der Waals surface area contributed by atoms with Crippen LogP contribution in [0.5, 0.6) is 0 Å². The fourth-order valence-electron chi connectivity index (χ4n) is 3.35. The monoisotopic (exact) mass is 371 g/mol. The van der Waals surface area contributed by atoms with Gasteiger partial charge in [0.15, 0.2) is 0 Å². The lowest BCUT2D eigenvalue weighted by Crippen LogP contribution is -2.56. The van der Waals surface area contributed by atoms with Crippen molar-refractivity contribution in [1.82, 2.24) is 9.80 Å². The van der Waals surface area contributed by atoms with Crippen molar-refractivity contribution in [1.29, 1.82) is 5.26 Å². The Balaban J connectivity index is 1.99.